The fraction of sp³-hybridized carbons (Fsp3) is 0.235. The molecule has 0 atom stereocenters. The molecule has 0 spiro atoms. The lowest BCUT2D eigenvalue weighted by Gasteiger charge is -2.23. The predicted octanol–water partition coefficient (Wildman–Crippen LogP) is 4.83. The summed E-state index contributed by atoms with van der Waals surface area (Å²) in [6.07, 6.45) is 1.52. The number of halogens is 3. The molecule has 1 N–H and O–H groups in total. The van der Waals surface area contributed by atoms with E-state index >= 15 is 0 Å². The quantitative estimate of drug-likeness (QED) is 0.677. The van der Waals surface area contributed by atoms with Crippen LogP contribution in [0.1, 0.15) is 12.8 Å². The first kappa shape index (κ1) is 20.8. The Morgan fingerprint density at radius 2 is 1.77 bits per heavy atom. The van der Waals surface area contributed by atoms with E-state index in [0.29, 0.717) is 22.2 Å². The van der Waals surface area contributed by atoms with Gasteiger partial charge in [0, 0.05) is 28.7 Å². The van der Waals surface area contributed by atoms with Gasteiger partial charge < -0.3 is 5.32 Å². The lowest BCUT2D eigenvalue weighted by Crippen LogP contribution is -2.31. The topological polar surface area (TPSA) is 66.5 Å². The van der Waals surface area contributed by atoms with Crippen molar-refractivity contribution in [1.29, 1.82) is 0 Å². The number of rotatable bonds is 7. The first-order valence-electron chi connectivity index (χ1n) is 7.65. The predicted molar refractivity (Wildman–Crippen MR) is 108 cm³/mol. The van der Waals surface area contributed by atoms with Crippen molar-refractivity contribution in [2.75, 3.05) is 22.4 Å². The molecule has 2 aromatic rings. The number of nitrogens with zero attached hydrogens (tertiary/aromatic N) is 1. The van der Waals surface area contributed by atoms with E-state index < -0.39 is 10.0 Å². The van der Waals surface area contributed by atoms with Crippen LogP contribution in [0.3, 0.4) is 0 Å². The molecule has 9 heteroatoms. The zero-order chi connectivity index (χ0) is 19.3. The summed E-state index contributed by atoms with van der Waals surface area (Å²) in [5.74, 6) is -0.238. The van der Waals surface area contributed by atoms with Crippen molar-refractivity contribution < 1.29 is 13.2 Å². The Kier molecular flexibility index (Phi) is 7.17. The molecule has 0 saturated heterocycles. The number of carbonyl (C=O) groups is 1. The summed E-state index contributed by atoms with van der Waals surface area (Å²) < 4.78 is 25.4. The van der Waals surface area contributed by atoms with Gasteiger partial charge in [0.25, 0.3) is 0 Å². The van der Waals surface area contributed by atoms with Gasteiger partial charge in [0.2, 0.25) is 15.9 Å². The van der Waals surface area contributed by atoms with Crippen molar-refractivity contribution in [3.8, 4) is 0 Å². The van der Waals surface area contributed by atoms with Crippen molar-refractivity contribution in [3.05, 3.63) is 57.5 Å². The average molecular weight is 436 g/mol. The molecule has 0 saturated carbocycles. The van der Waals surface area contributed by atoms with E-state index in [2.05, 4.69) is 5.32 Å². The zero-order valence-electron chi connectivity index (χ0n) is 13.9. The first-order chi connectivity index (χ1) is 12.2. The van der Waals surface area contributed by atoms with Gasteiger partial charge in [-0.05, 0) is 42.8 Å². The number of anilines is 2. The van der Waals surface area contributed by atoms with E-state index in [1.807, 2.05) is 0 Å². The van der Waals surface area contributed by atoms with E-state index in [1.54, 1.807) is 30.3 Å². The van der Waals surface area contributed by atoms with Crippen LogP contribution in [0, 0.1) is 0 Å². The minimum atomic E-state index is -3.58. The summed E-state index contributed by atoms with van der Waals surface area (Å²) >= 11 is 17.9. The molecule has 2 rings (SSSR count). The van der Waals surface area contributed by atoms with E-state index in [9.17, 15) is 13.2 Å². The van der Waals surface area contributed by atoms with Crippen LogP contribution in [-0.2, 0) is 14.8 Å². The SMILES string of the molecule is CS(=O)(=O)N(CCCC(=O)Nc1cccc(Cl)c1)c1cc(Cl)ccc1Cl. The van der Waals surface area contributed by atoms with Gasteiger partial charge in [-0.1, -0.05) is 40.9 Å². The fourth-order valence-corrected chi connectivity index (χ4v) is 3.91. The first-order valence-corrected chi connectivity index (χ1v) is 10.6. The number of sulfonamides is 1. The van der Waals surface area contributed by atoms with Crippen LogP contribution in [0.4, 0.5) is 11.4 Å². The van der Waals surface area contributed by atoms with Gasteiger partial charge >= 0.3 is 0 Å². The summed E-state index contributed by atoms with van der Waals surface area (Å²) in [4.78, 5) is 12.0. The Labute approximate surface area is 167 Å². The minimum Gasteiger partial charge on any atom is -0.326 e. The summed E-state index contributed by atoms with van der Waals surface area (Å²) in [6.45, 7) is 0.0991. The molecule has 0 fully saturated rings. The number of amides is 1. The second-order valence-electron chi connectivity index (χ2n) is 5.59. The van der Waals surface area contributed by atoms with Crippen LogP contribution < -0.4 is 9.62 Å². The summed E-state index contributed by atoms with van der Waals surface area (Å²) in [5.41, 5.74) is 0.872. The minimum absolute atomic E-state index is 0.0991. The second-order valence-corrected chi connectivity index (χ2v) is 8.78. The lowest BCUT2D eigenvalue weighted by molar-refractivity contribution is -0.116. The highest BCUT2D eigenvalue weighted by Gasteiger charge is 2.20. The number of hydrogen-bond acceptors (Lipinski definition) is 3. The Hall–Kier alpha value is -1.47. The number of benzene rings is 2. The van der Waals surface area contributed by atoms with Crippen molar-refractivity contribution in [2.24, 2.45) is 0 Å². The van der Waals surface area contributed by atoms with Gasteiger partial charge in [-0.3, -0.25) is 9.10 Å². The average Bonchev–Trinajstić information content (AvgIpc) is 2.53. The van der Waals surface area contributed by atoms with Crippen LogP contribution in [-0.4, -0.2) is 27.1 Å². The van der Waals surface area contributed by atoms with Gasteiger partial charge in [0.1, 0.15) is 0 Å². The maximum atomic E-state index is 12.1. The monoisotopic (exact) mass is 434 g/mol. The third-order valence-corrected chi connectivity index (χ3v) is 5.42. The Balaban J connectivity index is 2.02. The summed E-state index contributed by atoms with van der Waals surface area (Å²) in [5, 5.41) is 3.87. The third-order valence-electron chi connectivity index (χ3n) is 3.45. The molecule has 26 heavy (non-hydrogen) atoms. The fourth-order valence-electron chi connectivity index (χ4n) is 2.31. The molecule has 2 aromatic carbocycles. The molecule has 5 nitrogen and oxygen atoms in total. The van der Waals surface area contributed by atoms with E-state index in [1.165, 1.54) is 12.1 Å². The highest BCUT2D eigenvalue weighted by atomic mass is 35.5. The van der Waals surface area contributed by atoms with Gasteiger partial charge in [-0.25, -0.2) is 8.42 Å². The highest BCUT2D eigenvalue weighted by Crippen LogP contribution is 2.30. The zero-order valence-corrected chi connectivity index (χ0v) is 17.0. The van der Waals surface area contributed by atoms with E-state index in [0.717, 1.165) is 10.6 Å². The number of carbonyl (C=O) groups excluding carboxylic acids is 1. The van der Waals surface area contributed by atoms with Gasteiger partial charge in [-0.2, -0.15) is 0 Å². The molecule has 140 valence electrons. The standard InChI is InChI=1S/C17H17Cl3N2O3S/c1-26(24,25)22(16-11-13(19)7-8-15(16)20)9-3-6-17(23)21-14-5-2-4-12(18)10-14/h2,4-5,7-8,10-11H,3,6,9H2,1H3,(H,21,23). The second kappa shape index (κ2) is 8.95. The maximum absolute atomic E-state index is 12.1. The van der Waals surface area contributed by atoms with E-state index in [-0.39, 0.29) is 29.6 Å². The van der Waals surface area contributed by atoms with Crippen molar-refractivity contribution in [2.45, 2.75) is 12.8 Å². The summed E-state index contributed by atoms with van der Waals surface area (Å²) in [7, 11) is -3.58. The largest absolute Gasteiger partial charge is 0.326 e. The van der Waals surface area contributed by atoms with Crippen LogP contribution in [0.25, 0.3) is 0 Å². The molecule has 0 heterocycles. The van der Waals surface area contributed by atoms with Gasteiger partial charge in [0.15, 0.2) is 0 Å². The highest BCUT2D eigenvalue weighted by molar-refractivity contribution is 7.92. The molecule has 0 aliphatic rings. The molecule has 0 bridgehead atoms. The Bertz CT molecular complexity index is 904. The molecule has 0 aromatic heterocycles. The smallest absolute Gasteiger partial charge is 0.232 e. The maximum Gasteiger partial charge on any atom is 0.232 e. The Morgan fingerprint density at radius 3 is 2.42 bits per heavy atom. The van der Waals surface area contributed by atoms with Crippen LogP contribution in [0.5, 0.6) is 0 Å². The molecule has 0 unspecified atom stereocenters. The van der Waals surface area contributed by atoms with Crippen LogP contribution in [0.2, 0.25) is 15.1 Å². The third kappa shape index (κ3) is 6.06. The van der Waals surface area contributed by atoms with Crippen molar-refractivity contribution in [3.63, 3.8) is 0 Å². The number of hydrogen-bond donors (Lipinski definition) is 1. The Morgan fingerprint density at radius 1 is 1.08 bits per heavy atom. The molecule has 0 aliphatic carbocycles. The van der Waals surface area contributed by atoms with E-state index in [4.69, 9.17) is 34.8 Å². The number of nitrogens with one attached hydrogen (secondary N) is 1. The summed E-state index contributed by atoms with van der Waals surface area (Å²) in [6, 6.07) is 11.4. The molecular formula is C17H17Cl3N2O3S. The molecular weight excluding hydrogens is 419 g/mol. The molecule has 0 aliphatic heterocycles. The molecule has 1 amide bonds. The normalized spacial score (nSPS) is 11.2. The van der Waals surface area contributed by atoms with Crippen molar-refractivity contribution in [1.82, 2.24) is 0 Å². The van der Waals surface area contributed by atoms with Gasteiger partial charge in [0.05, 0.1) is 17.0 Å². The van der Waals surface area contributed by atoms with Gasteiger partial charge in [-0.15, -0.1) is 0 Å². The lowest BCUT2D eigenvalue weighted by atomic mass is 10.2. The molecule has 0 radical (unpaired) electrons. The van der Waals surface area contributed by atoms with Crippen LogP contribution >= 0.6 is 34.8 Å². The van der Waals surface area contributed by atoms with Crippen molar-refractivity contribution >= 4 is 62.1 Å². The van der Waals surface area contributed by atoms with Crippen LogP contribution in [0.15, 0.2) is 42.5 Å².